The second-order valence-corrected chi connectivity index (χ2v) is 8.74. The molecular weight excluding hydrogens is 389 g/mol. The molecule has 3 aromatic rings. The number of rotatable bonds is 5. The molecule has 0 aliphatic rings. The second kappa shape index (κ2) is 7.45. The van der Waals surface area contributed by atoms with Gasteiger partial charge < -0.3 is 0 Å². The van der Waals surface area contributed by atoms with Gasteiger partial charge in [0.15, 0.2) is 5.13 Å². The number of amides is 1. The highest BCUT2D eigenvalue weighted by atomic mass is 32.2. The van der Waals surface area contributed by atoms with Crippen molar-refractivity contribution in [2.24, 2.45) is 0 Å². The summed E-state index contributed by atoms with van der Waals surface area (Å²) in [7, 11) is -3.86. The predicted molar refractivity (Wildman–Crippen MR) is 103 cm³/mol. The van der Waals surface area contributed by atoms with Crippen LogP contribution in [0.3, 0.4) is 0 Å². The average Bonchev–Trinajstić information content (AvgIpc) is 3.02. The third-order valence-electron chi connectivity index (χ3n) is 3.68. The lowest BCUT2D eigenvalue weighted by Gasteiger charge is -2.10. The van der Waals surface area contributed by atoms with E-state index in [1.165, 1.54) is 54.7 Å². The maximum Gasteiger partial charge on any atom is 0.261 e. The van der Waals surface area contributed by atoms with E-state index in [0.717, 1.165) is 10.9 Å². The molecule has 0 radical (unpaired) electrons. The molecule has 9 heteroatoms. The van der Waals surface area contributed by atoms with Crippen LogP contribution in [-0.4, -0.2) is 19.3 Å². The van der Waals surface area contributed by atoms with Gasteiger partial charge in [-0.25, -0.2) is 17.8 Å². The molecule has 0 aliphatic heterocycles. The smallest absolute Gasteiger partial charge is 0.261 e. The number of thiazole rings is 1. The van der Waals surface area contributed by atoms with Crippen LogP contribution in [-0.2, 0) is 10.0 Å². The van der Waals surface area contributed by atoms with Crippen molar-refractivity contribution < 1.29 is 17.6 Å². The van der Waals surface area contributed by atoms with E-state index in [-0.39, 0.29) is 16.4 Å². The Morgan fingerprint density at radius 2 is 1.81 bits per heavy atom. The Balaban J connectivity index is 1.73. The van der Waals surface area contributed by atoms with Gasteiger partial charge in [-0.15, -0.1) is 11.3 Å². The number of sulfonamides is 1. The van der Waals surface area contributed by atoms with Crippen LogP contribution < -0.4 is 10.0 Å². The quantitative estimate of drug-likeness (QED) is 0.673. The molecule has 27 heavy (non-hydrogen) atoms. The molecule has 0 aliphatic carbocycles. The third-order valence-corrected chi connectivity index (χ3v) is 5.89. The van der Waals surface area contributed by atoms with E-state index in [1.54, 1.807) is 6.20 Å². The van der Waals surface area contributed by atoms with Crippen LogP contribution in [0.2, 0.25) is 0 Å². The van der Waals surface area contributed by atoms with Crippen LogP contribution in [0.4, 0.5) is 15.2 Å². The van der Waals surface area contributed by atoms with Crippen LogP contribution >= 0.6 is 11.3 Å². The molecule has 2 N–H and O–H groups in total. The van der Waals surface area contributed by atoms with Crippen molar-refractivity contribution in [3.8, 4) is 0 Å². The van der Waals surface area contributed by atoms with Gasteiger partial charge in [-0.2, -0.15) is 0 Å². The van der Waals surface area contributed by atoms with Crippen LogP contribution in [0, 0.1) is 19.7 Å². The van der Waals surface area contributed by atoms with Gasteiger partial charge in [0.2, 0.25) is 0 Å². The lowest BCUT2D eigenvalue weighted by Crippen LogP contribution is -2.14. The average molecular weight is 405 g/mol. The van der Waals surface area contributed by atoms with Crippen LogP contribution in [0.15, 0.2) is 53.6 Å². The predicted octanol–water partition coefficient (Wildman–Crippen LogP) is 3.95. The van der Waals surface area contributed by atoms with E-state index < -0.39 is 15.8 Å². The van der Waals surface area contributed by atoms with Crippen LogP contribution in [0.25, 0.3) is 0 Å². The summed E-state index contributed by atoms with van der Waals surface area (Å²) >= 11 is 1.36. The first-order valence-electron chi connectivity index (χ1n) is 7.87. The third kappa shape index (κ3) is 4.50. The molecule has 1 aromatic heterocycles. The van der Waals surface area contributed by atoms with Gasteiger partial charge in [-0.05, 0) is 61.9 Å². The van der Waals surface area contributed by atoms with Crippen molar-refractivity contribution in [3.63, 3.8) is 0 Å². The molecule has 3 rings (SSSR count). The number of hydrogen-bond acceptors (Lipinski definition) is 5. The lowest BCUT2D eigenvalue weighted by molar-refractivity contribution is 0.102. The monoisotopic (exact) mass is 405 g/mol. The van der Waals surface area contributed by atoms with Gasteiger partial charge in [0.05, 0.1) is 4.90 Å². The van der Waals surface area contributed by atoms with Crippen molar-refractivity contribution in [2.75, 3.05) is 10.0 Å². The van der Waals surface area contributed by atoms with E-state index in [0.29, 0.717) is 16.4 Å². The first kappa shape index (κ1) is 19.0. The van der Waals surface area contributed by atoms with Crippen molar-refractivity contribution in [2.45, 2.75) is 18.7 Å². The molecule has 0 atom stereocenters. The van der Waals surface area contributed by atoms with Crippen molar-refractivity contribution in [3.05, 3.63) is 70.5 Å². The number of benzene rings is 2. The largest absolute Gasteiger partial charge is 0.298 e. The standard InChI is InChI=1S/C18H16FN3O3S2/c1-11-9-15(7-8-16(11)19)27(24,25)22-14-5-3-13(4-6-14)17(23)21-18-20-10-12(2)26-18/h3-10,22H,1-2H3,(H,20,21,23). The highest BCUT2D eigenvalue weighted by Gasteiger charge is 2.16. The minimum Gasteiger partial charge on any atom is -0.298 e. The number of nitrogens with zero attached hydrogens (tertiary/aromatic N) is 1. The lowest BCUT2D eigenvalue weighted by atomic mass is 10.2. The molecule has 0 saturated carbocycles. The van der Waals surface area contributed by atoms with Crippen molar-refractivity contribution >= 4 is 38.1 Å². The van der Waals surface area contributed by atoms with E-state index in [4.69, 9.17) is 0 Å². The fourth-order valence-electron chi connectivity index (χ4n) is 2.27. The second-order valence-electron chi connectivity index (χ2n) is 5.82. The highest BCUT2D eigenvalue weighted by Crippen LogP contribution is 2.20. The Hall–Kier alpha value is -2.78. The summed E-state index contributed by atoms with van der Waals surface area (Å²) in [6.45, 7) is 3.38. The zero-order valence-electron chi connectivity index (χ0n) is 14.5. The van der Waals surface area contributed by atoms with Crippen LogP contribution in [0.1, 0.15) is 20.8 Å². The number of nitrogens with one attached hydrogen (secondary N) is 2. The molecular formula is C18H16FN3O3S2. The maximum absolute atomic E-state index is 13.3. The van der Waals surface area contributed by atoms with Gasteiger partial charge in [0.1, 0.15) is 5.82 Å². The fraction of sp³-hybridized carbons (Fsp3) is 0.111. The zero-order chi connectivity index (χ0) is 19.6. The number of aromatic nitrogens is 1. The number of hydrogen-bond donors (Lipinski definition) is 2. The molecule has 2 aromatic carbocycles. The SMILES string of the molecule is Cc1cnc(NC(=O)c2ccc(NS(=O)(=O)c3ccc(F)c(C)c3)cc2)s1. The minimum atomic E-state index is -3.86. The molecule has 1 heterocycles. The minimum absolute atomic E-state index is 0.0395. The Morgan fingerprint density at radius 3 is 2.41 bits per heavy atom. The first-order valence-corrected chi connectivity index (χ1v) is 10.2. The summed E-state index contributed by atoms with van der Waals surface area (Å²) in [5.41, 5.74) is 0.893. The fourth-order valence-corrected chi connectivity index (χ4v) is 4.07. The Bertz CT molecular complexity index is 1090. The van der Waals surface area contributed by atoms with Crippen LogP contribution in [0.5, 0.6) is 0 Å². The van der Waals surface area contributed by atoms with Crippen molar-refractivity contribution in [1.29, 1.82) is 0 Å². The molecule has 0 spiro atoms. The summed E-state index contributed by atoms with van der Waals surface area (Å²) in [5.74, 6) is -0.812. The first-order chi connectivity index (χ1) is 12.7. The molecule has 1 amide bonds. The zero-order valence-corrected chi connectivity index (χ0v) is 16.1. The molecule has 0 bridgehead atoms. The number of carbonyl (C=O) groups excluding carboxylic acids is 1. The number of halogens is 1. The Labute approximate surface area is 160 Å². The van der Waals surface area contributed by atoms with E-state index in [2.05, 4.69) is 15.0 Å². The Morgan fingerprint density at radius 1 is 1.11 bits per heavy atom. The highest BCUT2D eigenvalue weighted by molar-refractivity contribution is 7.92. The summed E-state index contributed by atoms with van der Waals surface area (Å²) in [6, 6.07) is 9.54. The van der Waals surface area contributed by atoms with E-state index >= 15 is 0 Å². The maximum atomic E-state index is 13.3. The summed E-state index contributed by atoms with van der Waals surface area (Å²) in [5, 5.41) is 3.17. The van der Waals surface area contributed by atoms with Gasteiger partial charge >= 0.3 is 0 Å². The van der Waals surface area contributed by atoms with E-state index in [9.17, 15) is 17.6 Å². The Kier molecular flexibility index (Phi) is 5.24. The molecule has 0 saturated heterocycles. The molecule has 0 unspecified atom stereocenters. The number of aryl methyl sites for hydroxylation is 2. The van der Waals surface area contributed by atoms with Gasteiger partial charge in [-0.3, -0.25) is 14.8 Å². The summed E-state index contributed by atoms with van der Waals surface area (Å²) < 4.78 is 40.6. The molecule has 0 fully saturated rings. The number of anilines is 2. The van der Waals surface area contributed by atoms with Gasteiger partial charge in [0, 0.05) is 22.3 Å². The summed E-state index contributed by atoms with van der Waals surface area (Å²) in [4.78, 5) is 17.2. The molecule has 6 nitrogen and oxygen atoms in total. The van der Waals surface area contributed by atoms with Crippen molar-refractivity contribution in [1.82, 2.24) is 4.98 Å². The topological polar surface area (TPSA) is 88.2 Å². The van der Waals surface area contributed by atoms with Gasteiger partial charge in [0.25, 0.3) is 15.9 Å². The molecule has 140 valence electrons. The normalized spacial score (nSPS) is 11.2. The van der Waals surface area contributed by atoms with E-state index in [1.807, 2.05) is 6.92 Å². The number of carbonyl (C=O) groups is 1. The summed E-state index contributed by atoms with van der Waals surface area (Å²) in [6.07, 6.45) is 1.66. The van der Waals surface area contributed by atoms with Gasteiger partial charge in [-0.1, -0.05) is 0 Å².